The SMILES string of the molecule is Nc1nc(Sc2ccc(F)cc2)ncc1[N+](=O)[O-]. The van der Waals surface area contributed by atoms with E-state index in [1.54, 1.807) is 12.1 Å². The van der Waals surface area contributed by atoms with Crippen LogP contribution in [0.3, 0.4) is 0 Å². The summed E-state index contributed by atoms with van der Waals surface area (Å²) in [6.07, 6.45) is 1.05. The minimum Gasteiger partial charge on any atom is -0.378 e. The van der Waals surface area contributed by atoms with Crippen molar-refractivity contribution < 1.29 is 9.31 Å². The molecule has 0 unspecified atom stereocenters. The fourth-order valence-corrected chi connectivity index (χ4v) is 1.90. The van der Waals surface area contributed by atoms with Gasteiger partial charge in [0.05, 0.1) is 4.92 Å². The zero-order valence-electron chi connectivity index (χ0n) is 8.91. The van der Waals surface area contributed by atoms with Crippen molar-refractivity contribution in [2.45, 2.75) is 10.1 Å². The Labute approximate surface area is 105 Å². The maximum atomic E-state index is 12.7. The van der Waals surface area contributed by atoms with Gasteiger partial charge in [-0.25, -0.2) is 9.37 Å². The van der Waals surface area contributed by atoms with Crippen LogP contribution in [0.2, 0.25) is 0 Å². The summed E-state index contributed by atoms with van der Waals surface area (Å²) in [6.45, 7) is 0. The number of nitrogen functional groups attached to an aromatic ring is 1. The molecule has 1 heterocycles. The van der Waals surface area contributed by atoms with Crippen molar-refractivity contribution in [3.05, 3.63) is 46.4 Å². The Morgan fingerprint density at radius 3 is 2.56 bits per heavy atom. The van der Waals surface area contributed by atoms with Gasteiger partial charge in [0.25, 0.3) is 0 Å². The fourth-order valence-electron chi connectivity index (χ4n) is 1.17. The normalized spacial score (nSPS) is 10.3. The van der Waals surface area contributed by atoms with Gasteiger partial charge in [0.15, 0.2) is 5.16 Å². The van der Waals surface area contributed by atoms with Crippen LogP contribution in [0.25, 0.3) is 0 Å². The molecule has 0 spiro atoms. The van der Waals surface area contributed by atoms with Gasteiger partial charge in [0.1, 0.15) is 12.0 Å². The molecule has 0 radical (unpaired) electrons. The third-order valence-electron chi connectivity index (χ3n) is 2.00. The van der Waals surface area contributed by atoms with Gasteiger partial charge >= 0.3 is 5.69 Å². The molecular formula is C10H7FN4O2S. The van der Waals surface area contributed by atoms with Gasteiger partial charge in [-0.3, -0.25) is 10.1 Å². The fraction of sp³-hybridized carbons (Fsp3) is 0. The second-order valence-corrected chi connectivity index (χ2v) is 4.28. The molecule has 0 atom stereocenters. The molecule has 2 rings (SSSR count). The predicted octanol–water partition coefficient (Wildman–Crippen LogP) is 2.26. The standard InChI is InChI=1S/C10H7FN4O2S/c11-6-1-3-7(4-2-6)18-10-13-5-8(15(16)17)9(12)14-10/h1-5H,(H2,12,13,14). The number of nitrogens with two attached hydrogens (primary N) is 1. The monoisotopic (exact) mass is 266 g/mol. The number of aromatic nitrogens is 2. The lowest BCUT2D eigenvalue weighted by Gasteiger charge is -2.01. The Morgan fingerprint density at radius 2 is 2.00 bits per heavy atom. The summed E-state index contributed by atoms with van der Waals surface area (Å²) < 4.78 is 12.7. The first-order chi connectivity index (χ1) is 8.56. The molecule has 0 saturated heterocycles. The van der Waals surface area contributed by atoms with E-state index in [9.17, 15) is 14.5 Å². The van der Waals surface area contributed by atoms with E-state index < -0.39 is 4.92 Å². The van der Waals surface area contributed by atoms with Gasteiger partial charge in [-0.15, -0.1) is 0 Å². The van der Waals surface area contributed by atoms with Crippen LogP contribution in [-0.4, -0.2) is 14.9 Å². The molecule has 18 heavy (non-hydrogen) atoms. The van der Waals surface area contributed by atoms with Crippen LogP contribution in [0, 0.1) is 15.9 Å². The van der Waals surface area contributed by atoms with E-state index in [1.807, 2.05) is 0 Å². The van der Waals surface area contributed by atoms with Gasteiger partial charge in [-0.2, -0.15) is 4.98 Å². The Kier molecular flexibility index (Phi) is 3.38. The molecule has 92 valence electrons. The quantitative estimate of drug-likeness (QED) is 0.520. The number of hydrogen-bond donors (Lipinski definition) is 1. The summed E-state index contributed by atoms with van der Waals surface area (Å²) in [5.41, 5.74) is 5.10. The first kappa shape index (κ1) is 12.2. The van der Waals surface area contributed by atoms with Crippen LogP contribution in [-0.2, 0) is 0 Å². The molecule has 1 aromatic carbocycles. The molecule has 0 saturated carbocycles. The number of anilines is 1. The summed E-state index contributed by atoms with van der Waals surface area (Å²) >= 11 is 1.14. The van der Waals surface area contributed by atoms with Crippen molar-refractivity contribution in [1.82, 2.24) is 9.97 Å². The van der Waals surface area contributed by atoms with Crippen molar-refractivity contribution in [1.29, 1.82) is 0 Å². The van der Waals surface area contributed by atoms with Gasteiger partial charge in [-0.1, -0.05) is 0 Å². The van der Waals surface area contributed by atoms with Crippen LogP contribution in [0.1, 0.15) is 0 Å². The lowest BCUT2D eigenvalue weighted by Crippen LogP contribution is -2.00. The second-order valence-electron chi connectivity index (χ2n) is 3.24. The Balaban J connectivity index is 2.22. The first-order valence-electron chi connectivity index (χ1n) is 4.76. The lowest BCUT2D eigenvalue weighted by atomic mass is 10.4. The predicted molar refractivity (Wildman–Crippen MR) is 63.6 cm³/mol. The first-order valence-corrected chi connectivity index (χ1v) is 5.58. The van der Waals surface area contributed by atoms with E-state index >= 15 is 0 Å². The smallest absolute Gasteiger partial charge is 0.329 e. The van der Waals surface area contributed by atoms with E-state index in [2.05, 4.69) is 9.97 Å². The minimum absolute atomic E-state index is 0.195. The Morgan fingerprint density at radius 1 is 1.33 bits per heavy atom. The maximum Gasteiger partial charge on any atom is 0.329 e. The number of rotatable bonds is 3. The highest BCUT2D eigenvalue weighted by molar-refractivity contribution is 7.99. The number of benzene rings is 1. The van der Waals surface area contributed by atoms with Crippen molar-refractivity contribution in [3.8, 4) is 0 Å². The van der Waals surface area contributed by atoms with Crippen molar-refractivity contribution in [2.75, 3.05) is 5.73 Å². The number of nitro groups is 1. The molecule has 8 heteroatoms. The van der Waals surface area contributed by atoms with E-state index in [-0.39, 0.29) is 22.5 Å². The van der Waals surface area contributed by atoms with Crippen molar-refractivity contribution in [3.63, 3.8) is 0 Å². The number of hydrogen-bond acceptors (Lipinski definition) is 6. The van der Waals surface area contributed by atoms with Crippen LogP contribution in [0.5, 0.6) is 0 Å². The van der Waals surface area contributed by atoms with E-state index in [0.717, 1.165) is 18.0 Å². The molecule has 2 aromatic rings. The topological polar surface area (TPSA) is 94.9 Å². The van der Waals surface area contributed by atoms with Crippen LogP contribution in [0.4, 0.5) is 15.9 Å². The van der Waals surface area contributed by atoms with Crippen LogP contribution < -0.4 is 5.73 Å². The zero-order chi connectivity index (χ0) is 13.1. The van der Waals surface area contributed by atoms with Gasteiger partial charge < -0.3 is 5.73 Å². The molecule has 0 aliphatic carbocycles. The molecular weight excluding hydrogens is 259 g/mol. The van der Waals surface area contributed by atoms with E-state index in [1.165, 1.54) is 12.1 Å². The largest absolute Gasteiger partial charge is 0.378 e. The van der Waals surface area contributed by atoms with Gasteiger partial charge in [0.2, 0.25) is 5.82 Å². The Hall–Kier alpha value is -2.22. The third-order valence-corrected chi connectivity index (χ3v) is 2.88. The molecule has 0 bridgehead atoms. The van der Waals surface area contributed by atoms with E-state index in [4.69, 9.17) is 5.73 Å². The average Bonchev–Trinajstić information content (AvgIpc) is 2.32. The molecule has 0 amide bonds. The highest BCUT2D eigenvalue weighted by atomic mass is 32.2. The third kappa shape index (κ3) is 2.72. The Bertz CT molecular complexity index is 591. The molecule has 0 aliphatic rings. The second kappa shape index (κ2) is 4.96. The zero-order valence-corrected chi connectivity index (χ0v) is 9.72. The average molecular weight is 266 g/mol. The van der Waals surface area contributed by atoms with Crippen molar-refractivity contribution >= 4 is 23.3 Å². The minimum atomic E-state index is -0.651. The molecule has 0 aliphatic heterocycles. The van der Waals surface area contributed by atoms with Gasteiger partial charge in [-0.05, 0) is 36.0 Å². The van der Waals surface area contributed by atoms with E-state index in [0.29, 0.717) is 4.90 Å². The number of nitrogens with zero attached hydrogens (tertiary/aromatic N) is 3. The lowest BCUT2D eigenvalue weighted by molar-refractivity contribution is -0.384. The van der Waals surface area contributed by atoms with Crippen molar-refractivity contribution in [2.24, 2.45) is 0 Å². The maximum absolute atomic E-state index is 12.7. The summed E-state index contributed by atoms with van der Waals surface area (Å²) in [6, 6.07) is 5.72. The highest BCUT2D eigenvalue weighted by Gasteiger charge is 2.14. The molecule has 0 fully saturated rings. The molecule has 1 aromatic heterocycles. The number of halogens is 1. The molecule has 6 nitrogen and oxygen atoms in total. The summed E-state index contributed by atoms with van der Waals surface area (Å²) in [5, 5.41) is 10.8. The summed E-state index contributed by atoms with van der Waals surface area (Å²) in [7, 11) is 0. The molecule has 2 N–H and O–H groups in total. The highest BCUT2D eigenvalue weighted by Crippen LogP contribution is 2.27. The summed E-state index contributed by atoms with van der Waals surface area (Å²) in [4.78, 5) is 18.2. The summed E-state index contributed by atoms with van der Waals surface area (Å²) in [5.74, 6) is -0.539. The van der Waals surface area contributed by atoms with Crippen LogP contribution >= 0.6 is 11.8 Å². The van der Waals surface area contributed by atoms with Gasteiger partial charge in [0, 0.05) is 4.90 Å². The van der Waals surface area contributed by atoms with Crippen LogP contribution in [0.15, 0.2) is 40.5 Å².